The Hall–Kier alpha value is -1.26. The lowest BCUT2D eigenvalue weighted by molar-refractivity contribution is 0.128. The van der Waals surface area contributed by atoms with E-state index in [0.717, 1.165) is 50.7 Å². The fraction of sp³-hybridized carbons (Fsp3) is 0.625. The van der Waals surface area contributed by atoms with E-state index < -0.39 is 0 Å². The predicted molar refractivity (Wildman–Crippen MR) is 79.6 cm³/mol. The predicted octanol–water partition coefficient (Wildman–Crippen LogP) is 2.93. The van der Waals surface area contributed by atoms with Crippen molar-refractivity contribution in [1.29, 1.82) is 0 Å². The third kappa shape index (κ3) is 4.12. The molecule has 1 aliphatic rings. The SMILES string of the molecule is CCCCOCCNC1CCOc2ccc(OC)cc21. The van der Waals surface area contributed by atoms with Gasteiger partial charge in [-0.05, 0) is 24.6 Å². The molecule has 0 spiro atoms. The van der Waals surface area contributed by atoms with Crippen LogP contribution >= 0.6 is 0 Å². The van der Waals surface area contributed by atoms with E-state index >= 15 is 0 Å². The van der Waals surface area contributed by atoms with Gasteiger partial charge < -0.3 is 19.5 Å². The maximum absolute atomic E-state index is 5.69. The summed E-state index contributed by atoms with van der Waals surface area (Å²) < 4.78 is 16.6. The largest absolute Gasteiger partial charge is 0.497 e. The van der Waals surface area contributed by atoms with Gasteiger partial charge in [0, 0.05) is 31.2 Å². The van der Waals surface area contributed by atoms with Crippen LogP contribution in [0.5, 0.6) is 11.5 Å². The van der Waals surface area contributed by atoms with Crippen LogP contribution in [0.1, 0.15) is 37.8 Å². The van der Waals surface area contributed by atoms with Gasteiger partial charge in [-0.15, -0.1) is 0 Å². The second kappa shape index (κ2) is 8.12. The molecule has 0 aromatic heterocycles. The Bertz CT molecular complexity index is 409. The first kappa shape index (κ1) is 15.1. The molecule has 4 nitrogen and oxygen atoms in total. The molecule has 0 bridgehead atoms. The number of unbranched alkanes of at least 4 members (excludes halogenated alkanes) is 1. The number of rotatable bonds is 8. The van der Waals surface area contributed by atoms with Crippen LogP contribution in [-0.4, -0.2) is 33.5 Å². The average molecular weight is 279 g/mol. The molecule has 0 amide bonds. The standard InChI is InChI=1S/C16H25NO3/c1-3-4-9-19-11-8-17-15-7-10-20-16-6-5-13(18-2)12-14(15)16/h5-6,12,15,17H,3-4,7-11H2,1-2H3. The summed E-state index contributed by atoms with van der Waals surface area (Å²) in [5, 5.41) is 3.55. The van der Waals surface area contributed by atoms with Crippen LogP contribution in [-0.2, 0) is 4.74 Å². The molecule has 1 unspecified atom stereocenters. The summed E-state index contributed by atoms with van der Waals surface area (Å²) >= 11 is 0. The average Bonchev–Trinajstić information content (AvgIpc) is 2.50. The minimum Gasteiger partial charge on any atom is -0.497 e. The van der Waals surface area contributed by atoms with Gasteiger partial charge in [-0.25, -0.2) is 0 Å². The van der Waals surface area contributed by atoms with E-state index in [4.69, 9.17) is 14.2 Å². The normalized spacial score (nSPS) is 17.4. The highest BCUT2D eigenvalue weighted by Gasteiger charge is 2.21. The molecule has 0 fully saturated rings. The number of ether oxygens (including phenoxy) is 3. The molecular formula is C16H25NO3. The molecule has 112 valence electrons. The smallest absolute Gasteiger partial charge is 0.124 e. The Labute approximate surface area is 121 Å². The molecule has 1 atom stereocenters. The first-order valence-corrected chi connectivity index (χ1v) is 7.47. The third-order valence-electron chi connectivity index (χ3n) is 3.54. The Morgan fingerprint density at radius 2 is 2.25 bits per heavy atom. The van der Waals surface area contributed by atoms with Crippen molar-refractivity contribution < 1.29 is 14.2 Å². The summed E-state index contributed by atoms with van der Waals surface area (Å²) in [6.45, 7) is 5.42. The van der Waals surface area contributed by atoms with Crippen LogP contribution in [0.3, 0.4) is 0 Å². The molecule has 2 rings (SSSR count). The molecule has 1 N–H and O–H groups in total. The molecule has 0 saturated carbocycles. The number of hydrogen-bond acceptors (Lipinski definition) is 4. The zero-order chi connectivity index (χ0) is 14.2. The molecule has 0 radical (unpaired) electrons. The zero-order valence-electron chi connectivity index (χ0n) is 12.5. The number of nitrogens with one attached hydrogen (secondary N) is 1. The molecule has 1 aromatic carbocycles. The van der Waals surface area contributed by atoms with Gasteiger partial charge >= 0.3 is 0 Å². The van der Waals surface area contributed by atoms with Crippen molar-refractivity contribution in [3.05, 3.63) is 23.8 Å². The molecular weight excluding hydrogens is 254 g/mol. The van der Waals surface area contributed by atoms with E-state index in [9.17, 15) is 0 Å². The fourth-order valence-corrected chi connectivity index (χ4v) is 2.37. The topological polar surface area (TPSA) is 39.7 Å². The van der Waals surface area contributed by atoms with Gasteiger partial charge in [0.1, 0.15) is 11.5 Å². The van der Waals surface area contributed by atoms with Crippen molar-refractivity contribution in [3.8, 4) is 11.5 Å². The molecule has 0 aliphatic carbocycles. The van der Waals surface area contributed by atoms with Gasteiger partial charge in [-0.1, -0.05) is 13.3 Å². The van der Waals surface area contributed by atoms with E-state index in [-0.39, 0.29) is 0 Å². The number of benzene rings is 1. The summed E-state index contributed by atoms with van der Waals surface area (Å²) in [4.78, 5) is 0. The lowest BCUT2D eigenvalue weighted by Crippen LogP contribution is -2.29. The summed E-state index contributed by atoms with van der Waals surface area (Å²) in [6.07, 6.45) is 3.30. The molecule has 4 heteroatoms. The first-order chi connectivity index (χ1) is 9.85. The highest BCUT2D eigenvalue weighted by molar-refractivity contribution is 5.43. The Balaban J connectivity index is 1.84. The lowest BCUT2D eigenvalue weighted by atomic mass is 10.0. The van der Waals surface area contributed by atoms with Crippen molar-refractivity contribution >= 4 is 0 Å². The van der Waals surface area contributed by atoms with Crippen molar-refractivity contribution in [1.82, 2.24) is 5.32 Å². The minimum atomic E-state index is 0.323. The maximum Gasteiger partial charge on any atom is 0.124 e. The van der Waals surface area contributed by atoms with Gasteiger partial charge in [-0.2, -0.15) is 0 Å². The Morgan fingerprint density at radius 1 is 1.35 bits per heavy atom. The van der Waals surface area contributed by atoms with Crippen molar-refractivity contribution in [2.75, 3.05) is 33.5 Å². The molecule has 1 heterocycles. The number of fused-ring (bicyclic) bond motifs is 1. The summed E-state index contributed by atoms with van der Waals surface area (Å²) in [7, 11) is 1.69. The lowest BCUT2D eigenvalue weighted by Gasteiger charge is -2.27. The highest BCUT2D eigenvalue weighted by atomic mass is 16.5. The number of hydrogen-bond donors (Lipinski definition) is 1. The quantitative estimate of drug-likeness (QED) is 0.743. The van der Waals surface area contributed by atoms with Gasteiger partial charge in [0.2, 0.25) is 0 Å². The fourth-order valence-electron chi connectivity index (χ4n) is 2.37. The summed E-state index contributed by atoms with van der Waals surface area (Å²) in [5.41, 5.74) is 1.18. The Kier molecular flexibility index (Phi) is 6.15. The van der Waals surface area contributed by atoms with Crippen molar-refractivity contribution in [3.63, 3.8) is 0 Å². The first-order valence-electron chi connectivity index (χ1n) is 7.47. The van der Waals surface area contributed by atoms with Crippen LogP contribution in [0.25, 0.3) is 0 Å². The summed E-state index contributed by atoms with van der Waals surface area (Å²) in [5.74, 6) is 1.83. The van der Waals surface area contributed by atoms with Gasteiger partial charge in [0.05, 0.1) is 20.3 Å². The maximum atomic E-state index is 5.69. The van der Waals surface area contributed by atoms with E-state index in [1.807, 2.05) is 12.1 Å². The molecule has 1 aliphatic heterocycles. The molecule has 1 aromatic rings. The van der Waals surface area contributed by atoms with Gasteiger partial charge in [-0.3, -0.25) is 0 Å². The van der Waals surface area contributed by atoms with Crippen molar-refractivity contribution in [2.45, 2.75) is 32.2 Å². The van der Waals surface area contributed by atoms with Gasteiger partial charge in [0.15, 0.2) is 0 Å². The number of methoxy groups -OCH3 is 1. The van der Waals surface area contributed by atoms with E-state index in [2.05, 4.69) is 18.3 Å². The van der Waals surface area contributed by atoms with E-state index in [0.29, 0.717) is 6.04 Å². The van der Waals surface area contributed by atoms with Crippen LogP contribution in [0, 0.1) is 0 Å². The molecule has 20 heavy (non-hydrogen) atoms. The van der Waals surface area contributed by atoms with Crippen LogP contribution in [0.4, 0.5) is 0 Å². The minimum absolute atomic E-state index is 0.323. The second-order valence-electron chi connectivity index (χ2n) is 5.01. The highest BCUT2D eigenvalue weighted by Crippen LogP contribution is 2.34. The van der Waals surface area contributed by atoms with E-state index in [1.165, 1.54) is 12.0 Å². The van der Waals surface area contributed by atoms with Gasteiger partial charge in [0.25, 0.3) is 0 Å². The van der Waals surface area contributed by atoms with Crippen LogP contribution in [0.15, 0.2) is 18.2 Å². The third-order valence-corrected chi connectivity index (χ3v) is 3.54. The monoisotopic (exact) mass is 279 g/mol. The van der Waals surface area contributed by atoms with Crippen molar-refractivity contribution in [2.24, 2.45) is 0 Å². The Morgan fingerprint density at radius 3 is 3.05 bits per heavy atom. The molecule has 0 saturated heterocycles. The van der Waals surface area contributed by atoms with E-state index in [1.54, 1.807) is 7.11 Å². The zero-order valence-corrected chi connectivity index (χ0v) is 12.5. The summed E-state index contributed by atoms with van der Waals surface area (Å²) in [6, 6.07) is 6.31. The van der Waals surface area contributed by atoms with Crippen LogP contribution in [0.2, 0.25) is 0 Å². The van der Waals surface area contributed by atoms with Crippen LogP contribution < -0.4 is 14.8 Å². The second-order valence-corrected chi connectivity index (χ2v) is 5.01.